The van der Waals surface area contributed by atoms with Gasteiger partial charge in [-0.25, -0.2) is 4.79 Å². The molecular weight excluding hydrogens is 298 g/mol. The van der Waals surface area contributed by atoms with Crippen molar-refractivity contribution in [3.8, 4) is 0 Å². The molecule has 1 aliphatic heterocycles. The van der Waals surface area contributed by atoms with Crippen molar-refractivity contribution in [2.45, 2.75) is 33.4 Å². The Morgan fingerprint density at radius 3 is 2.61 bits per heavy atom. The molecular formula is C15H19N5O3. The molecule has 0 spiro atoms. The summed E-state index contributed by atoms with van der Waals surface area (Å²) in [6.45, 7) is 6.63. The molecule has 0 aliphatic carbocycles. The molecule has 0 bridgehead atoms. The number of nitrogens with zero attached hydrogens (tertiary/aromatic N) is 4. The number of aromatic nitrogens is 4. The molecule has 23 heavy (non-hydrogen) atoms. The normalized spacial score (nSPS) is 14.8. The van der Waals surface area contributed by atoms with Crippen LogP contribution in [0.3, 0.4) is 0 Å². The van der Waals surface area contributed by atoms with Gasteiger partial charge in [-0.3, -0.25) is 23.8 Å². The van der Waals surface area contributed by atoms with Crippen LogP contribution in [0, 0.1) is 20.8 Å². The third kappa shape index (κ3) is 2.84. The molecule has 1 N–H and O–H groups in total. The van der Waals surface area contributed by atoms with Crippen LogP contribution < -0.4 is 11.2 Å². The Bertz CT molecular complexity index is 870. The first kappa shape index (κ1) is 15.3. The van der Waals surface area contributed by atoms with E-state index in [1.54, 1.807) is 11.8 Å². The Morgan fingerprint density at radius 1 is 1.30 bits per heavy atom. The predicted molar refractivity (Wildman–Crippen MR) is 83.4 cm³/mol. The quantitative estimate of drug-likeness (QED) is 0.844. The van der Waals surface area contributed by atoms with E-state index in [9.17, 15) is 14.4 Å². The number of H-pyrrole nitrogens is 1. The molecule has 2 aromatic rings. The van der Waals surface area contributed by atoms with Crippen LogP contribution in [-0.4, -0.2) is 43.2 Å². The summed E-state index contributed by atoms with van der Waals surface area (Å²) in [5.74, 6) is -0.142. The average Bonchev–Trinajstić information content (AvgIpc) is 2.73. The second-order valence-corrected chi connectivity index (χ2v) is 6.02. The van der Waals surface area contributed by atoms with Gasteiger partial charge in [0.2, 0.25) is 5.91 Å². The van der Waals surface area contributed by atoms with Gasteiger partial charge in [-0.2, -0.15) is 5.10 Å². The van der Waals surface area contributed by atoms with Gasteiger partial charge >= 0.3 is 5.69 Å². The zero-order valence-electron chi connectivity index (χ0n) is 13.4. The van der Waals surface area contributed by atoms with Gasteiger partial charge in [0.15, 0.2) is 0 Å². The maximum Gasteiger partial charge on any atom is 0.328 e. The zero-order chi connectivity index (χ0) is 16.7. The van der Waals surface area contributed by atoms with Crippen LogP contribution in [0.15, 0.2) is 21.9 Å². The SMILES string of the molecule is Cc1cc(C)n(C2CN(C(=O)Cn3cc(C)c(=O)[nH]c3=O)C2)n1. The first-order chi connectivity index (χ1) is 10.8. The Labute approximate surface area is 132 Å². The van der Waals surface area contributed by atoms with E-state index in [1.165, 1.54) is 10.8 Å². The van der Waals surface area contributed by atoms with E-state index in [2.05, 4.69) is 10.1 Å². The summed E-state index contributed by atoms with van der Waals surface area (Å²) in [5.41, 5.74) is 1.45. The highest BCUT2D eigenvalue weighted by molar-refractivity contribution is 5.76. The van der Waals surface area contributed by atoms with Gasteiger partial charge in [0.25, 0.3) is 5.56 Å². The van der Waals surface area contributed by atoms with Crippen LogP contribution in [0.5, 0.6) is 0 Å². The number of rotatable bonds is 3. The molecule has 0 unspecified atom stereocenters. The van der Waals surface area contributed by atoms with Crippen molar-refractivity contribution in [3.05, 3.63) is 50.1 Å². The lowest BCUT2D eigenvalue weighted by Crippen LogP contribution is -2.52. The molecule has 0 atom stereocenters. The summed E-state index contributed by atoms with van der Waals surface area (Å²) in [6, 6.07) is 2.19. The molecule has 2 aromatic heterocycles. The minimum absolute atomic E-state index is 0.0692. The number of carbonyl (C=O) groups excluding carboxylic acids is 1. The lowest BCUT2D eigenvalue weighted by Gasteiger charge is -2.39. The molecule has 0 aromatic carbocycles. The fraction of sp³-hybridized carbons (Fsp3) is 0.467. The van der Waals surface area contributed by atoms with Crippen LogP contribution in [0.2, 0.25) is 0 Å². The number of hydrogen-bond acceptors (Lipinski definition) is 4. The number of nitrogens with one attached hydrogen (secondary N) is 1. The highest BCUT2D eigenvalue weighted by atomic mass is 16.2. The lowest BCUT2D eigenvalue weighted by molar-refractivity contribution is -0.137. The Morgan fingerprint density at radius 2 is 2.00 bits per heavy atom. The van der Waals surface area contributed by atoms with Crippen molar-refractivity contribution >= 4 is 5.91 Å². The second-order valence-electron chi connectivity index (χ2n) is 6.02. The molecule has 3 rings (SSSR count). The number of aryl methyl sites for hydroxylation is 3. The van der Waals surface area contributed by atoms with Crippen LogP contribution in [0.4, 0.5) is 0 Å². The highest BCUT2D eigenvalue weighted by Gasteiger charge is 2.33. The van der Waals surface area contributed by atoms with Crippen LogP contribution in [0.1, 0.15) is 23.0 Å². The molecule has 1 fully saturated rings. The average molecular weight is 317 g/mol. The van der Waals surface area contributed by atoms with E-state index in [-0.39, 0.29) is 18.5 Å². The van der Waals surface area contributed by atoms with Crippen molar-refractivity contribution in [1.82, 2.24) is 24.2 Å². The Balaban J connectivity index is 1.65. The maximum atomic E-state index is 12.3. The van der Waals surface area contributed by atoms with E-state index in [0.29, 0.717) is 18.7 Å². The molecule has 122 valence electrons. The summed E-state index contributed by atoms with van der Waals surface area (Å²) in [6.07, 6.45) is 1.41. The van der Waals surface area contributed by atoms with Gasteiger partial charge in [-0.1, -0.05) is 0 Å². The van der Waals surface area contributed by atoms with Crippen LogP contribution in [0.25, 0.3) is 0 Å². The largest absolute Gasteiger partial charge is 0.337 e. The molecule has 3 heterocycles. The number of aromatic amines is 1. The highest BCUT2D eigenvalue weighted by Crippen LogP contribution is 2.22. The van der Waals surface area contributed by atoms with E-state index in [1.807, 2.05) is 24.6 Å². The topological polar surface area (TPSA) is 93.0 Å². The fourth-order valence-corrected chi connectivity index (χ4v) is 2.81. The standard InChI is InChI=1S/C15H19N5O3/c1-9-5-19(15(23)16-14(9)22)8-13(21)18-6-12(7-18)20-11(3)4-10(2)17-20/h4-5,12H,6-8H2,1-3H3,(H,16,22,23). The van der Waals surface area contributed by atoms with Gasteiger partial charge in [0.05, 0.1) is 11.7 Å². The van der Waals surface area contributed by atoms with E-state index >= 15 is 0 Å². The molecule has 8 heteroatoms. The molecule has 8 nitrogen and oxygen atoms in total. The minimum atomic E-state index is -0.565. The third-order valence-corrected chi connectivity index (χ3v) is 4.10. The Kier molecular flexibility index (Phi) is 3.67. The number of likely N-dealkylation sites (tertiary alicyclic amines) is 1. The summed E-state index contributed by atoms with van der Waals surface area (Å²) in [4.78, 5) is 39.2. The van der Waals surface area contributed by atoms with E-state index < -0.39 is 11.2 Å². The van der Waals surface area contributed by atoms with Crippen LogP contribution >= 0.6 is 0 Å². The van der Waals surface area contributed by atoms with Crippen molar-refractivity contribution in [1.29, 1.82) is 0 Å². The summed E-state index contributed by atoms with van der Waals surface area (Å²) >= 11 is 0. The lowest BCUT2D eigenvalue weighted by atomic mass is 10.1. The summed E-state index contributed by atoms with van der Waals surface area (Å²) < 4.78 is 3.17. The zero-order valence-corrected chi connectivity index (χ0v) is 13.4. The van der Waals surface area contributed by atoms with E-state index in [4.69, 9.17) is 0 Å². The maximum absolute atomic E-state index is 12.3. The summed E-state index contributed by atoms with van der Waals surface area (Å²) in [7, 11) is 0. The molecule has 0 saturated carbocycles. The van der Waals surface area contributed by atoms with Gasteiger partial charge in [-0.15, -0.1) is 0 Å². The van der Waals surface area contributed by atoms with Crippen molar-refractivity contribution in [2.24, 2.45) is 0 Å². The number of amides is 1. The van der Waals surface area contributed by atoms with Gasteiger partial charge in [-0.05, 0) is 26.8 Å². The minimum Gasteiger partial charge on any atom is -0.337 e. The second kappa shape index (κ2) is 5.53. The monoisotopic (exact) mass is 317 g/mol. The molecule has 1 saturated heterocycles. The third-order valence-electron chi connectivity index (χ3n) is 4.10. The van der Waals surface area contributed by atoms with Crippen molar-refractivity contribution < 1.29 is 4.79 Å². The number of carbonyl (C=O) groups is 1. The number of hydrogen-bond donors (Lipinski definition) is 1. The molecule has 1 amide bonds. The smallest absolute Gasteiger partial charge is 0.328 e. The molecule has 1 aliphatic rings. The van der Waals surface area contributed by atoms with E-state index in [0.717, 1.165) is 11.4 Å². The van der Waals surface area contributed by atoms with Crippen LogP contribution in [-0.2, 0) is 11.3 Å². The first-order valence-electron chi connectivity index (χ1n) is 7.46. The van der Waals surface area contributed by atoms with Crippen molar-refractivity contribution in [3.63, 3.8) is 0 Å². The first-order valence-corrected chi connectivity index (χ1v) is 7.46. The van der Waals surface area contributed by atoms with Crippen molar-refractivity contribution in [2.75, 3.05) is 13.1 Å². The van der Waals surface area contributed by atoms with Gasteiger partial charge in [0.1, 0.15) is 6.54 Å². The predicted octanol–water partition coefficient (Wildman–Crippen LogP) is -0.258. The Hall–Kier alpha value is -2.64. The summed E-state index contributed by atoms with van der Waals surface area (Å²) in [5, 5.41) is 4.43. The fourth-order valence-electron chi connectivity index (χ4n) is 2.81. The molecule has 0 radical (unpaired) electrons. The van der Waals surface area contributed by atoms with Gasteiger partial charge < -0.3 is 4.90 Å². The van der Waals surface area contributed by atoms with Gasteiger partial charge in [0, 0.05) is 30.5 Å².